The van der Waals surface area contributed by atoms with Crippen molar-refractivity contribution in [2.75, 3.05) is 13.3 Å². The fourth-order valence-corrected chi connectivity index (χ4v) is 2.89. The van der Waals surface area contributed by atoms with Crippen LogP contribution in [0.3, 0.4) is 0 Å². The number of halogens is 2. The van der Waals surface area contributed by atoms with E-state index in [9.17, 15) is 13.6 Å². The summed E-state index contributed by atoms with van der Waals surface area (Å²) in [5.41, 5.74) is 6.06. The number of aromatic amines is 1. The third kappa shape index (κ3) is 3.25. The summed E-state index contributed by atoms with van der Waals surface area (Å²) in [5.74, 6) is 1.61. The quantitative estimate of drug-likeness (QED) is 0.693. The second-order valence-electron chi connectivity index (χ2n) is 6.00. The Morgan fingerprint density at radius 2 is 1.96 bits per heavy atom. The van der Waals surface area contributed by atoms with Gasteiger partial charge in [-0.1, -0.05) is 6.07 Å². The number of fused-ring (bicyclic) bond motifs is 1. The van der Waals surface area contributed by atoms with Crippen LogP contribution in [0.5, 0.6) is 11.5 Å². The average Bonchev–Trinajstić information content (AvgIpc) is 3.31. The number of aromatic nitrogens is 4. The van der Waals surface area contributed by atoms with Gasteiger partial charge in [-0.05, 0) is 35.4 Å². The van der Waals surface area contributed by atoms with Crippen LogP contribution in [0.2, 0.25) is 0 Å². The van der Waals surface area contributed by atoms with Crippen LogP contribution < -0.4 is 20.9 Å². The van der Waals surface area contributed by atoms with Crippen LogP contribution in [-0.4, -0.2) is 33.1 Å². The minimum absolute atomic E-state index is 0.0913. The Morgan fingerprint density at radius 3 is 2.75 bits per heavy atom. The topological polar surface area (TPSA) is 108 Å². The van der Waals surface area contributed by atoms with Crippen LogP contribution in [0.25, 0.3) is 16.9 Å². The van der Waals surface area contributed by atoms with E-state index in [1.54, 1.807) is 18.2 Å². The molecule has 3 N–H and O–H groups in total. The largest absolute Gasteiger partial charge is 0.454 e. The summed E-state index contributed by atoms with van der Waals surface area (Å²) in [4.78, 5) is 16.4. The van der Waals surface area contributed by atoms with Gasteiger partial charge >= 0.3 is 5.69 Å². The summed E-state index contributed by atoms with van der Waals surface area (Å²) in [7, 11) is 0. The van der Waals surface area contributed by atoms with Crippen molar-refractivity contribution in [3.05, 3.63) is 64.5 Å². The Labute approximate surface area is 157 Å². The molecular weight excluding hydrogens is 372 g/mol. The molecule has 0 amide bonds. The molecule has 0 spiro atoms. The number of rotatable bonds is 5. The van der Waals surface area contributed by atoms with Crippen molar-refractivity contribution >= 4 is 0 Å². The molecule has 0 bridgehead atoms. The first-order valence-corrected chi connectivity index (χ1v) is 8.32. The van der Waals surface area contributed by atoms with E-state index in [4.69, 9.17) is 15.2 Å². The van der Waals surface area contributed by atoms with Crippen molar-refractivity contribution in [1.82, 2.24) is 19.7 Å². The lowest BCUT2D eigenvalue weighted by Gasteiger charge is -2.09. The van der Waals surface area contributed by atoms with Crippen LogP contribution in [0, 0.1) is 0 Å². The number of nitrogens with one attached hydrogen (secondary N) is 1. The third-order valence-electron chi connectivity index (χ3n) is 4.31. The first kappa shape index (κ1) is 17.9. The van der Waals surface area contributed by atoms with Gasteiger partial charge in [-0.15, -0.1) is 0 Å². The van der Waals surface area contributed by atoms with E-state index in [0.717, 1.165) is 15.7 Å². The molecule has 3 aromatic rings. The van der Waals surface area contributed by atoms with Crippen LogP contribution in [-0.2, 0) is 6.42 Å². The molecule has 10 heteroatoms. The second-order valence-corrected chi connectivity index (χ2v) is 6.00. The molecule has 1 aromatic carbocycles. The second kappa shape index (κ2) is 7.24. The maximum atomic E-state index is 13.0. The minimum Gasteiger partial charge on any atom is -0.454 e. The predicted octanol–water partition coefficient (Wildman–Crippen LogP) is 2.00. The zero-order valence-electron chi connectivity index (χ0n) is 14.5. The monoisotopic (exact) mass is 387 g/mol. The van der Waals surface area contributed by atoms with Gasteiger partial charge in [-0.2, -0.15) is 13.9 Å². The van der Waals surface area contributed by atoms with E-state index in [1.807, 2.05) is 12.1 Å². The molecule has 144 valence electrons. The molecule has 1 aliphatic rings. The van der Waals surface area contributed by atoms with Crippen LogP contribution >= 0.6 is 0 Å². The lowest BCUT2D eigenvalue weighted by Crippen LogP contribution is -2.19. The number of benzene rings is 1. The number of nitrogens with two attached hydrogens (primary N) is 1. The highest BCUT2D eigenvalue weighted by Gasteiger charge is 2.17. The number of pyridine rings is 1. The standard InChI is InChI=1S/C18H15F2N5O3/c19-17(20)12(8-21)7-16-23-24-18(26)25(16)15-6-11(3-4-22-15)10-1-2-13-14(5-10)28-9-27-13/h1-6H,7-9,21H2,(H,24,26). The zero-order chi connectivity index (χ0) is 19.7. The molecule has 0 radical (unpaired) electrons. The zero-order valence-corrected chi connectivity index (χ0v) is 14.5. The predicted molar refractivity (Wildman–Crippen MR) is 95.5 cm³/mol. The highest BCUT2D eigenvalue weighted by molar-refractivity contribution is 5.68. The Balaban J connectivity index is 1.74. The summed E-state index contributed by atoms with van der Waals surface area (Å²) >= 11 is 0. The summed E-state index contributed by atoms with van der Waals surface area (Å²) in [6, 6.07) is 8.87. The van der Waals surface area contributed by atoms with E-state index in [-0.39, 0.29) is 37.0 Å². The van der Waals surface area contributed by atoms with Crippen molar-refractivity contribution in [2.24, 2.45) is 5.73 Å². The lowest BCUT2D eigenvalue weighted by molar-refractivity contribution is 0.174. The van der Waals surface area contributed by atoms with Gasteiger partial charge in [0.05, 0.1) is 0 Å². The lowest BCUT2D eigenvalue weighted by atomic mass is 10.1. The fourth-order valence-electron chi connectivity index (χ4n) is 2.89. The Kier molecular flexibility index (Phi) is 4.62. The van der Waals surface area contributed by atoms with E-state index < -0.39 is 11.8 Å². The van der Waals surface area contributed by atoms with Gasteiger partial charge in [0.15, 0.2) is 11.5 Å². The highest BCUT2D eigenvalue weighted by atomic mass is 19.3. The van der Waals surface area contributed by atoms with Crippen molar-refractivity contribution in [3.63, 3.8) is 0 Å². The van der Waals surface area contributed by atoms with Gasteiger partial charge in [0.25, 0.3) is 6.08 Å². The first-order chi connectivity index (χ1) is 13.6. The van der Waals surface area contributed by atoms with Gasteiger partial charge in [0, 0.05) is 24.7 Å². The molecule has 8 nitrogen and oxygen atoms in total. The maximum Gasteiger partial charge on any atom is 0.349 e. The number of hydrogen-bond donors (Lipinski definition) is 2. The summed E-state index contributed by atoms with van der Waals surface area (Å²) in [5, 5.41) is 6.11. The Hall–Kier alpha value is -3.53. The molecule has 0 unspecified atom stereocenters. The van der Waals surface area contributed by atoms with Crippen LogP contribution in [0.15, 0.2) is 53.0 Å². The summed E-state index contributed by atoms with van der Waals surface area (Å²) < 4.78 is 37.7. The maximum absolute atomic E-state index is 13.0. The van der Waals surface area contributed by atoms with Crippen molar-refractivity contribution < 1.29 is 18.3 Å². The normalized spacial score (nSPS) is 12.2. The Morgan fingerprint density at radius 1 is 1.18 bits per heavy atom. The number of ether oxygens (including phenoxy) is 2. The number of H-pyrrole nitrogens is 1. The van der Waals surface area contributed by atoms with Gasteiger partial charge in [0.1, 0.15) is 11.6 Å². The molecule has 28 heavy (non-hydrogen) atoms. The number of nitrogens with zero attached hydrogens (tertiary/aromatic N) is 3. The highest BCUT2D eigenvalue weighted by Crippen LogP contribution is 2.36. The molecule has 0 saturated heterocycles. The van der Waals surface area contributed by atoms with Crippen molar-refractivity contribution in [2.45, 2.75) is 6.42 Å². The van der Waals surface area contributed by atoms with Crippen LogP contribution in [0.4, 0.5) is 8.78 Å². The molecule has 0 saturated carbocycles. The molecule has 0 atom stereocenters. The van der Waals surface area contributed by atoms with Gasteiger partial charge in [-0.3, -0.25) is 0 Å². The molecule has 4 rings (SSSR count). The smallest absolute Gasteiger partial charge is 0.349 e. The fraction of sp³-hybridized carbons (Fsp3) is 0.167. The van der Waals surface area contributed by atoms with Gasteiger partial charge < -0.3 is 15.2 Å². The van der Waals surface area contributed by atoms with Crippen molar-refractivity contribution in [3.8, 4) is 28.4 Å². The molecule has 2 aromatic heterocycles. The molecule has 0 fully saturated rings. The molecule has 0 aliphatic carbocycles. The first-order valence-electron chi connectivity index (χ1n) is 8.32. The van der Waals surface area contributed by atoms with E-state index in [0.29, 0.717) is 11.5 Å². The summed E-state index contributed by atoms with van der Waals surface area (Å²) in [6.07, 6.45) is -0.631. The van der Waals surface area contributed by atoms with Crippen LogP contribution in [0.1, 0.15) is 5.82 Å². The van der Waals surface area contributed by atoms with Gasteiger partial charge in [0.2, 0.25) is 6.79 Å². The molecule has 1 aliphatic heterocycles. The molecule has 3 heterocycles. The third-order valence-corrected chi connectivity index (χ3v) is 4.31. The van der Waals surface area contributed by atoms with E-state index in [1.165, 1.54) is 6.20 Å². The van der Waals surface area contributed by atoms with Gasteiger partial charge in [-0.25, -0.2) is 19.4 Å². The van der Waals surface area contributed by atoms with Crippen molar-refractivity contribution in [1.29, 1.82) is 0 Å². The van der Waals surface area contributed by atoms with E-state index in [2.05, 4.69) is 15.2 Å². The SMILES string of the molecule is NCC(Cc1n[nH]c(=O)n1-c1cc(-c2ccc3c(c2)OCO3)ccn1)=C(F)F. The average molecular weight is 387 g/mol. The summed E-state index contributed by atoms with van der Waals surface area (Å²) in [6.45, 7) is -0.176. The molecular formula is C18H15F2N5O3. The number of hydrogen-bond acceptors (Lipinski definition) is 6. The van der Waals surface area contributed by atoms with E-state index >= 15 is 0 Å². The minimum atomic E-state index is -1.88. The Bertz CT molecular complexity index is 1120.